The van der Waals surface area contributed by atoms with Crippen molar-refractivity contribution in [3.63, 3.8) is 0 Å². The van der Waals surface area contributed by atoms with Crippen LogP contribution in [-0.4, -0.2) is 60.2 Å². The van der Waals surface area contributed by atoms with E-state index in [1.807, 2.05) is 26.8 Å². The maximum absolute atomic E-state index is 12.2. The minimum atomic E-state index is -0.455. The number of rotatable bonds is 4. The summed E-state index contributed by atoms with van der Waals surface area (Å²) in [4.78, 5) is 28.1. The molecule has 2 aliphatic rings. The lowest BCUT2D eigenvalue weighted by atomic mass is 9.94. The Morgan fingerprint density at radius 1 is 1.19 bits per heavy atom. The molecule has 2 aliphatic heterocycles. The molecule has 0 saturated carbocycles. The van der Waals surface area contributed by atoms with Crippen molar-refractivity contribution < 1.29 is 19.1 Å². The van der Waals surface area contributed by atoms with Crippen LogP contribution in [0.5, 0.6) is 0 Å². The predicted molar refractivity (Wildman–Crippen MR) is 103 cm³/mol. The third kappa shape index (κ3) is 4.61. The summed E-state index contributed by atoms with van der Waals surface area (Å²) in [5, 5.41) is 0. The zero-order valence-corrected chi connectivity index (χ0v) is 16.8. The number of ether oxygens (including phenoxy) is 2. The molecule has 1 saturated heterocycles. The Morgan fingerprint density at radius 3 is 2.52 bits per heavy atom. The van der Waals surface area contributed by atoms with Gasteiger partial charge in [-0.3, -0.25) is 4.90 Å². The second-order valence-electron chi connectivity index (χ2n) is 8.22. The topological polar surface area (TPSA) is 59.1 Å². The number of fused-ring (bicyclic) bond motifs is 1. The van der Waals surface area contributed by atoms with Crippen molar-refractivity contribution in [2.75, 3.05) is 32.7 Å². The number of piperazine rings is 1. The fourth-order valence-electron chi connectivity index (χ4n) is 3.75. The molecule has 27 heavy (non-hydrogen) atoms. The molecule has 0 aromatic heterocycles. The fraction of sp³-hybridized carbons (Fsp3) is 0.619. The SMILES string of the molecule is CCc1c(CCN2CCN(C(=O)OC(C)(C)C)CC2)ccc2c1COC2=O. The van der Waals surface area contributed by atoms with E-state index in [4.69, 9.17) is 9.47 Å². The van der Waals surface area contributed by atoms with Crippen molar-refractivity contribution in [1.29, 1.82) is 0 Å². The molecule has 1 fully saturated rings. The molecule has 1 aromatic carbocycles. The first-order valence-corrected chi connectivity index (χ1v) is 9.79. The van der Waals surface area contributed by atoms with E-state index in [9.17, 15) is 9.59 Å². The summed E-state index contributed by atoms with van der Waals surface area (Å²) in [6, 6.07) is 3.97. The smallest absolute Gasteiger partial charge is 0.410 e. The van der Waals surface area contributed by atoms with Crippen molar-refractivity contribution in [2.45, 2.75) is 52.7 Å². The first kappa shape index (κ1) is 19.7. The maximum Gasteiger partial charge on any atom is 0.410 e. The second kappa shape index (κ2) is 7.89. The molecule has 0 atom stereocenters. The molecule has 0 N–H and O–H groups in total. The van der Waals surface area contributed by atoms with E-state index in [2.05, 4.69) is 17.9 Å². The van der Waals surface area contributed by atoms with Gasteiger partial charge in [-0.05, 0) is 50.8 Å². The first-order chi connectivity index (χ1) is 12.8. The molecule has 1 amide bonds. The molecular weight excluding hydrogens is 344 g/mol. The van der Waals surface area contributed by atoms with Gasteiger partial charge < -0.3 is 14.4 Å². The van der Waals surface area contributed by atoms with Crippen LogP contribution in [0, 0.1) is 0 Å². The first-order valence-electron chi connectivity index (χ1n) is 9.79. The molecule has 3 rings (SSSR count). The number of hydrogen-bond acceptors (Lipinski definition) is 5. The van der Waals surface area contributed by atoms with Gasteiger partial charge in [-0.25, -0.2) is 9.59 Å². The lowest BCUT2D eigenvalue weighted by Gasteiger charge is -2.35. The van der Waals surface area contributed by atoms with E-state index in [1.54, 1.807) is 4.90 Å². The van der Waals surface area contributed by atoms with Crippen molar-refractivity contribution >= 4 is 12.1 Å². The number of benzene rings is 1. The molecular formula is C21H30N2O4. The number of nitrogens with zero attached hydrogens (tertiary/aromatic N) is 2. The Bertz CT molecular complexity index is 716. The summed E-state index contributed by atoms with van der Waals surface area (Å²) in [6.45, 7) is 12.2. The van der Waals surface area contributed by atoms with Crippen LogP contribution in [0.25, 0.3) is 0 Å². The van der Waals surface area contributed by atoms with Gasteiger partial charge >= 0.3 is 12.1 Å². The van der Waals surface area contributed by atoms with E-state index in [0.29, 0.717) is 19.7 Å². The third-order valence-electron chi connectivity index (χ3n) is 5.17. The van der Waals surface area contributed by atoms with Gasteiger partial charge in [0, 0.05) is 38.3 Å². The highest BCUT2D eigenvalue weighted by molar-refractivity contribution is 5.94. The quantitative estimate of drug-likeness (QED) is 0.758. The number of carbonyl (C=O) groups excluding carboxylic acids is 2. The van der Waals surface area contributed by atoms with E-state index in [0.717, 1.165) is 43.6 Å². The van der Waals surface area contributed by atoms with Gasteiger partial charge in [-0.15, -0.1) is 0 Å². The van der Waals surface area contributed by atoms with Gasteiger partial charge in [0.25, 0.3) is 0 Å². The highest BCUT2D eigenvalue weighted by Gasteiger charge is 2.27. The van der Waals surface area contributed by atoms with Crippen molar-refractivity contribution in [3.05, 3.63) is 34.4 Å². The standard InChI is InChI=1S/C21H30N2O4/c1-5-16-15(6-7-17-18(16)14-26-19(17)24)8-9-22-10-12-23(13-11-22)20(25)27-21(2,3)4/h6-7H,5,8-14H2,1-4H3. The van der Waals surface area contributed by atoms with Crippen molar-refractivity contribution in [3.8, 4) is 0 Å². The normalized spacial score (nSPS) is 17.6. The highest BCUT2D eigenvalue weighted by atomic mass is 16.6. The molecule has 6 heteroatoms. The third-order valence-corrected chi connectivity index (χ3v) is 5.17. The van der Waals surface area contributed by atoms with Gasteiger partial charge in [0.1, 0.15) is 12.2 Å². The molecule has 2 heterocycles. The molecule has 0 bridgehead atoms. The van der Waals surface area contributed by atoms with E-state index >= 15 is 0 Å². The van der Waals surface area contributed by atoms with Gasteiger partial charge in [-0.1, -0.05) is 13.0 Å². The summed E-state index contributed by atoms with van der Waals surface area (Å²) >= 11 is 0. The lowest BCUT2D eigenvalue weighted by molar-refractivity contribution is 0.0146. The Morgan fingerprint density at radius 2 is 1.89 bits per heavy atom. The van der Waals surface area contributed by atoms with Gasteiger partial charge in [0.15, 0.2) is 0 Å². The average Bonchev–Trinajstić information content (AvgIpc) is 2.99. The van der Waals surface area contributed by atoms with Crippen LogP contribution in [0.4, 0.5) is 4.79 Å². The second-order valence-corrected chi connectivity index (χ2v) is 8.22. The van der Waals surface area contributed by atoms with Crippen LogP contribution < -0.4 is 0 Å². The summed E-state index contributed by atoms with van der Waals surface area (Å²) in [7, 11) is 0. The van der Waals surface area contributed by atoms with Crippen molar-refractivity contribution in [1.82, 2.24) is 9.80 Å². The zero-order chi connectivity index (χ0) is 19.6. The number of carbonyl (C=O) groups is 2. The average molecular weight is 374 g/mol. The lowest BCUT2D eigenvalue weighted by Crippen LogP contribution is -2.50. The van der Waals surface area contributed by atoms with Gasteiger partial charge in [0.05, 0.1) is 5.56 Å². The van der Waals surface area contributed by atoms with Crippen LogP contribution >= 0.6 is 0 Å². The van der Waals surface area contributed by atoms with Crippen LogP contribution in [0.15, 0.2) is 12.1 Å². The van der Waals surface area contributed by atoms with Crippen LogP contribution in [-0.2, 0) is 28.9 Å². The predicted octanol–water partition coefficient (Wildman–Crippen LogP) is 3.01. The number of cyclic esters (lactones) is 1. The number of esters is 1. The minimum absolute atomic E-state index is 0.204. The molecule has 0 unspecified atom stereocenters. The summed E-state index contributed by atoms with van der Waals surface area (Å²) in [5.41, 5.74) is 3.88. The molecule has 6 nitrogen and oxygen atoms in total. The Hall–Kier alpha value is -2.08. The molecule has 1 aromatic rings. The largest absolute Gasteiger partial charge is 0.457 e. The fourth-order valence-corrected chi connectivity index (χ4v) is 3.75. The van der Waals surface area contributed by atoms with Gasteiger partial charge in [-0.2, -0.15) is 0 Å². The van der Waals surface area contributed by atoms with Crippen LogP contribution in [0.1, 0.15) is 54.7 Å². The molecule has 148 valence electrons. The van der Waals surface area contributed by atoms with E-state index < -0.39 is 5.60 Å². The highest BCUT2D eigenvalue weighted by Crippen LogP contribution is 2.27. The van der Waals surface area contributed by atoms with Crippen molar-refractivity contribution in [2.24, 2.45) is 0 Å². The summed E-state index contributed by atoms with van der Waals surface area (Å²) in [6.07, 6.45) is 1.62. The number of amides is 1. The van der Waals surface area contributed by atoms with Crippen LogP contribution in [0.2, 0.25) is 0 Å². The van der Waals surface area contributed by atoms with E-state index in [1.165, 1.54) is 11.1 Å². The molecule has 0 spiro atoms. The van der Waals surface area contributed by atoms with E-state index in [-0.39, 0.29) is 12.1 Å². The van der Waals surface area contributed by atoms with Gasteiger partial charge in [0.2, 0.25) is 0 Å². The Kier molecular flexibility index (Phi) is 5.75. The Balaban J connectivity index is 1.54. The molecule has 0 radical (unpaired) electrons. The minimum Gasteiger partial charge on any atom is -0.457 e. The molecule has 0 aliphatic carbocycles. The number of hydrogen-bond donors (Lipinski definition) is 0. The Labute approximate surface area is 161 Å². The maximum atomic E-state index is 12.2. The van der Waals surface area contributed by atoms with Crippen LogP contribution in [0.3, 0.4) is 0 Å². The summed E-state index contributed by atoms with van der Waals surface area (Å²) < 4.78 is 10.6. The monoisotopic (exact) mass is 374 g/mol. The summed E-state index contributed by atoms with van der Waals surface area (Å²) in [5.74, 6) is -0.204. The zero-order valence-electron chi connectivity index (χ0n) is 16.8.